The second kappa shape index (κ2) is 7.27. The summed E-state index contributed by atoms with van der Waals surface area (Å²) in [7, 11) is 1.58. The molecule has 25 heavy (non-hydrogen) atoms. The number of aromatic nitrogens is 1. The van der Waals surface area contributed by atoms with Crippen molar-refractivity contribution in [2.24, 2.45) is 0 Å². The average molecular weight is 340 g/mol. The number of rotatable bonds is 5. The summed E-state index contributed by atoms with van der Waals surface area (Å²) in [6, 6.07) is 13.7. The number of carbonyl (C=O) groups excluding carboxylic acids is 1. The molecule has 0 aliphatic heterocycles. The quantitative estimate of drug-likeness (QED) is 0.551. The normalized spacial score (nSPS) is 10.7. The Bertz CT molecular complexity index is 928. The molecule has 128 valence electrons. The maximum atomic E-state index is 13.6. The SMILES string of the molecule is COc1cccc(-c2cc(CCC(=O)NO)c3ccc(F)cc3n2)c1. The van der Waals surface area contributed by atoms with E-state index in [1.165, 1.54) is 12.1 Å². The van der Waals surface area contributed by atoms with Gasteiger partial charge in [0.2, 0.25) is 5.91 Å². The van der Waals surface area contributed by atoms with Gasteiger partial charge in [0.25, 0.3) is 0 Å². The predicted molar refractivity (Wildman–Crippen MR) is 91.9 cm³/mol. The summed E-state index contributed by atoms with van der Waals surface area (Å²) in [5, 5.41) is 9.45. The summed E-state index contributed by atoms with van der Waals surface area (Å²) in [4.78, 5) is 15.9. The number of hydrogen-bond donors (Lipinski definition) is 2. The molecule has 1 aromatic heterocycles. The lowest BCUT2D eigenvalue weighted by Gasteiger charge is -2.11. The van der Waals surface area contributed by atoms with Gasteiger partial charge in [-0.25, -0.2) is 14.9 Å². The molecule has 0 fully saturated rings. The van der Waals surface area contributed by atoms with Gasteiger partial charge in [0, 0.05) is 23.4 Å². The highest BCUT2D eigenvalue weighted by molar-refractivity contribution is 5.86. The molecular weight excluding hydrogens is 323 g/mol. The molecule has 5 nitrogen and oxygen atoms in total. The van der Waals surface area contributed by atoms with Gasteiger partial charge >= 0.3 is 0 Å². The predicted octanol–water partition coefficient (Wildman–Crippen LogP) is 3.49. The fourth-order valence-corrected chi connectivity index (χ4v) is 2.71. The summed E-state index contributed by atoms with van der Waals surface area (Å²) in [6.07, 6.45) is 0.512. The highest BCUT2D eigenvalue weighted by Gasteiger charge is 2.11. The molecule has 0 bridgehead atoms. The molecular formula is C19H17FN2O3. The lowest BCUT2D eigenvalue weighted by atomic mass is 10.0. The van der Waals surface area contributed by atoms with Gasteiger partial charge < -0.3 is 4.74 Å². The molecule has 2 N–H and O–H groups in total. The van der Waals surface area contributed by atoms with Crippen LogP contribution in [0, 0.1) is 5.82 Å². The van der Waals surface area contributed by atoms with Gasteiger partial charge in [-0.1, -0.05) is 12.1 Å². The van der Waals surface area contributed by atoms with Crippen LogP contribution < -0.4 is 10.2 Å². The summed E-state index contributed by atoms with van der Waals surface area (Å²) < 4.78 is 18.9. The Morgan fingerprint density at radius 3 is 2.84 bits per heavy atom. The van der Waals surface area contributed by atoms with Crippen LogP contribution in [-0.2, 0) is 11.2 Å². The van der Waals surface area contributed by atoms with Gasteiger partial charge in [-0.05, 0) is 42.3 Å². The van der Waals surface area contributed by atoms with Crippen molar-refractivity contribution < 1.29 is 19.1 Å². The molecule has 0 aliphatic rings. The van der Waals surface area contributed by atoms with E-state index < -0.39 is 5.91 Å². The van der Waals surface area contributed by atoms with Crippen LogP contribution in [0.2, 0.25) is 0 Å². The van der Waals surface area contributed by atoms with E-state index in [1.807, 2.05) is 30.3 Å². The number of amides is 1. The van der Waals surface area contributed by atoms with Crippen LogP contribution in [-0.4, -0.2) is 23.2 Å². The highest BCUT2D eigenvalue weighted by atomic mass is 19.1. The van der Waals surface area contributed by atoms with E-state index in [4.69, 9.17) is 9.94 Å². The van der Waals surface area contributed by atoms with Crippen molar-refractivity contribution in [3.05, 3.63) is 59.9 Å². The van der Waals surface area contributed by atoms with E-state index in [1.54, 1.807) is 18.7 Å². The second-order valence-corrected chi connectivity index (χ2v) is 5.60. The molecule has 3 aromatic rings. The largest absolute Gasteiger partial charge is 0.497 e. The van der Waals surface area contributed by atoms with Crippen LogP contribution in [0.5, 0.6) is 5.75 Å². The number of hydroxylamine groups is 1. The number of carbonyl (C=O) groups is 1. The fourth-order valence-electron chi connectivity index (χ4n) is 2.71. The van der Waals surface area contributed by atoms with Crippen molar-refractivity contribution in [3.8, 4) is 17.0 Å². The van der Waals surface area contributed by atoms with Gasteiger partial charge in [0.05, 0.1) is 18.3 Å². The number of benzene rings is 2. The Labute approximate surface area is 144 Å². The number of ether oxygens (including phenoxy) is 1. The third kappa shape index (κ3) is 3.75. The highest BCUT2D eigenvalue weighted by Crippen LogP contribution is 2.28. The molecule has 0 saturated carbocycles. The van der Waals surface area contributed by atoms with Crippen molar-refractivity contribution in [1.82, 2.24) is 10.5 Å². The van der Waals surface area contributed by atoms with E-state index in [9.17, 15) is 9.18 Å². The number of methoxy groups -OCH3 is 1. The van der Waals surface area contributed by atoms with Gasteiger partial charge in [0.1, 0.15) is 11.6 Å². The van der Waals surface area contributed by atoms with Crippen LogP contribution in [0.15, 0.2) is 48.5 Å². The lowest BCUT2D eigenvalue weighted by Crippen LogP contribution is -2.18. The van der Waals surface area contributed by atoms with E-state index in [0.717, 1.165) is 16.5 Å². The molecule has 0 unspecified atom stereocenters. The first kappa shape index (κ1) is 16.9. The van der Waals surface area contributed by atoms with E-state index in [-0.39, 0.29) is 12.2 Å². The van der Waals surface area contributed by atoms with Crippen LogP contribution >= 0.6 is 0 Å². The molecule has 0 atom stereocenters. The molecule has 0 saturated heterocycles. The lowest BCUT2D eigenvalue weighted by molar-refractivity contribution is -0.129. The summed E-state index contributed by atoms with van der Waals surface area (Å²) in [6.45, 7) is 0. The molecule has 2 aromatic carbocycles. The molecule has 6 heteroatoms. The standard InChI is InChI=1S/C19H17FN2O3/c1-25-15-4-2-3-13(9-15)17-10-12(5-8-19(23)22-24)16-7-6-14(20)11-18(16)21-17/h2-4,6-7,9-11,24H,5,8H2,1H3,(H,22,23). The zero-order valence-electron chi connectivity index (χ0n) is 13.6. The Kier molecular flexibility index (Phi) is 4.90. The zero-order chi connectivity index (χ0) is 17.8. The number of pyridine rings is 1. The third-order valence-corrected chi connectivity index (χ3v) is 3.97. The first-order valence-corrected chi connectivity index (χ1v) is 7.77. The Hall–Kier alpha value is -2.99. The number of aryl methyl sites for hydroxylation is 1. The summed E-state index contributed by atoms with van der Waals surface area (Å²) in [5.74, 6) is -0.156. The van der Waals surface area contributed by atoms with Crippen LogP contribution in [0.1, 0.15) is 12.0 Å². The third-order valence-electron chi connectivity index (χ3n) is 3.97. The van der Waals surface area contributed by atoms with Crippen LogP contribution in [0.25, 0.3) is 22.2 Å². The molecule has 1 heterocycles. The Morgan fingerprint density at radius 1 is 1.24 bits per heavy atom. The molecule has 3 rings (SSSR count). The number of fused-ring (bicyclic) bond motifs is 1. The van der Waals surface area contributed by atoms with Crippen molar-refractivity contribution >= 4 is 16.8 Å². The fraction of sp³-hybridized carbons (Fsp3) is 0.158. The van der Waals surface area contributed by atoms with Gasteiger partial charge in [0.15, 0.2) is 0 Å². The molecule has 0 aliphatic carbocycles. The minimum absolute atomic E-state index is 0.116. The van der Waals surface area contributed by atoms with E-state index in [2.05, 4.69) is 4.98 Å². The monoisotopic (exact) mass is 340 g/mol. The van der Waals surface area contributed by atoms with Gasteiger partial charge in [-0.15, -0.1) is 0 Å². The molecule has 0 spiro atoms. The van der Waals surface area contributed by atoms with Crippen LogP contribution in [0.3, 0.4) is 0 Å². The molecule has 1 amide bonds. The van der Waals surface area contributed by atoms with Crippen molar-refractivity contribution in [3.63, 3.8) is 0 Å². The topological polar surface area (TPSA) is 71.5 Å². The van der Waals surface area contributed by atoms with Crippen molar-refractivity contribution in [1.29, 1.82) is 0 Å². The summed E-state index contributed by atoms with van der Waals surface area (Å²) >= 11 is 0. The number of halogens is 1. The smallest absolute Gasteiger partial charge is 0.243 e. The zero-order valence-corrected chi connectivity index (χ0v) is 13.6. The second-order valence-electron chi connectivity index (χ2n) is 5.60. The first-order chi connectivity index (χ1) is 12.1. The first-order valence-electron chi connectivity index (χ1n) is 7.77. The molecule has 0 radical (unpaired) electrons. The van der Waals surface area contributed by atoms with Gasteiger partial charge in [-0.2, -0.15) is 0 Å². The number of nitrogens with zero attached hydrogens (tertiary/aromatic N) is 1. The maximum absolute atomic E-state index is 13.6. The minimum atomic E-state index is -0.477. The number of hydrogen-bond acceptors (Lipinski definition) is 4. The minimum Gasteiger partial charge on any atom is -0.497 e. The van der Waals surface area contributed by atoms with Gasteiger partial charge in [-0.3, -0.25) is 10.0 Å². The Morgan fingerprint density at radius 2 is 2.08 bits per heavy atom. The van der Waals surface area contributed by atoms with E-state index in [0.29, 0.717) is 23.4 Å². The van der Waals surface area contributed by atoms with Crippen molar-refractivity contribution in [2.75, 3.05) is 7.11 Å². The number of nitrogens with one attached hydrogen (secondary N) is 1. The van der Waals surface area contributed by atoms with E-state index >= 15 is 0 Å². The Balaban J connectivity index is 2.10. The summed E-state index contributed by atoms with van der Waals surface area (Å²) in [5.41, 5.74) is 4.48. The maximum Gasteiger partial charge on any atom is 0.243 e. The average Bonchev–Trinajstić information content (AvgIpc) is 2.65. The van der Waals surface area contributed by atoms with Crippen molar-refractivity contribution in [2.45, 2.75) is 12.8 Å². The van der Waals surface area contributed by atoms with Crippen LogP contribution in [0.4, 0.5) is 4.39 Å².